The van der Waals surface area contributed by atoms with E-state index < -0.39 is 0 Å². The SMILES string of the molecule is COc1ccc(C(=O)Nc2ccc3c(c2)C[C@H](C(=O)NC2CCC(C)CC2)CO3)cc1. The van der Waals surface area contributed by atoms with E-state index in [9.17, 15) is 9.59 Å². The predicted octanol–water partition coefficient (Wildman–Crippen LogP) is 4.19. The summed E-state index contributed by atoms with van der Waals surface area (Å²) in [7, 11) is 1.59. The highest BCUT2D eigenvalue weighted by atomic mass is 16.5. The molecule has 0 bridgehead atoms. The molecule has 6 nitrogen and oxygen atoms in total. The average molecular weight is 423 g/mol. The Bertz CT molecular complexity index is 933. The molecule has 0 radical (unpaired) electrons. The Labute approximate surface area is 183 Å². The molecule has 2 aromatic carbocycles. The fourth-order valence-electron chi connectivity index (χ4n) is 4.31. The molecule has 1 fully saturated rings. The number of anilines is 1. The number of rotatable bonds is 5. The lowest BCUT2D eigenvalue weighted by Gasteiger charge is -2.30. The third kappa shape index (κ3) is 5.19. The smallest absolute Gasteiger partial charge is 0.255 e. The van der Waals surface area contributed by atoms with Gasteiger partial charge < -0.3 is 20.1 Å². The summed E-state index contributed by atoms with van der Waals surface area (Å²) in [4.78, 5) is 25.3. The molecule has 2 aromatic rings. The van der Waals surface area contributed by atoms with Crippen LogP contribution in [0.1, 0.15) is 48.5 Å². The molecule has 1 aliphatic heterocycles. The van der Waals surface area contributed by atoms with E-state index in [-0.39, 0.29) is 23.8 Å². The Hall–Kier alpha value is -3.02. The lowest BCUT2D eigenvalue weighted by atomic mass is 9.87. The predicted molar refractivity (Wildman–Crippen MR) is 120 cm³/mol. The van der Waals surface area contributed by atoms with Gasteiger partial charge in [-0.3, -0.25) is 9.59 Å². The number of methoxy groups -OCH3 is 1. The number of carbonyl (C=O) groups excluding carboxylic acids is 2. The number of amides is 2. The maximum absolute atomic E-state index is 12.8. The second-order valence-corrected chi connectivity index (χ2v) is 8.68. The van der Waals surface area contributed by atoms with Gasteiger partial charge >= 0.3 is 0 Å². The molecule has 0 spiro atoms. The molecule has 2 N–H and O–H groups in total. The number of hydrogen-bond acceptors (Lipinski definition) is 4. The maximum Gasteiger partial charge on any atom is 0.255 e. The molecule has 1 atom stereocenters. The third-order valence-corrected chi connectivity index (χ3v) is 6.31. The molecule has 6 heteroatoms. The molecular weight excluding hydrogens is 392 g/mol. The monoisotopic (exact) mass is 422 g/mol. The topological polar surface area (TPSA) is 76.7 Å². The molecular formula is C25H30N2O4. The van der Waals surface area contributed by atoms with Crippen LogP contribution < -0.4 is 20.1 Å². The minimum absolute atomic E-state index is 0.0675. The molecule has 0 unspecified atom stereocenters. The zero-order valence-corrected chi connectivity index (χ0v) is 18.1. The summed E-state index contributed by atoms with van der Waals surface area (Å²) in [5, 5.41) is 6.14. The Morgan fingerprint density at radius 2 is 1.77 bits per heavy atom. The number of benzene rings is 2. The maximum atomic E-state index is 12.8. The summed E-state index contributed by atoms with van der Waals surface area (Å²) in [6.45, 7) is 2.66. The Morgan fingerprint density at radius 1 is 1.03 bits per heavy atom. The van der Waals surface area contributed by atoms with E-state index in [1.807, 2.05) is 18.2 Å². The largest absolute Gasteiger partial charge is 0.497 e. The van der Waals surface area contributed by atoms with Gasteiger partial charge in [0.05, 0.1) is 13.0 Å². The van der Waals surface area contributed by atoms with Crippen molar-refractivity contribution in [3.8, 4) is 11.5 Å². The van der Waals surface area contributed by atoms with Gasteiger partial charge in [-0.05, 0) is 86.1 Å². The Morgan fingerprint density at radius 3 is 2.48 bits per heavy atom. The number of fused-ring (bicyclic) bond motifs is 1. The first-order chi connectivity index (χ1) is 15.0. The number of ether oxygens (including phenoxy) is 2. The van der Waals surface area contributed by atoms with Gasteiger partial charge in [0.15, 0.2) is 0 Å². The first kappa shape index (κ1) is 21.2. The third-order valence-electron chi connectivity index (χ3n) is 6.31. The van der Waals surface area contributed by atoms with E-state index in [1.54, 1.807) is 31.4 Å². The van der Waals surface area contributed by atoms with Gasteiger partial charge in [0.1, 0.15) is 18.1 Å². The summed E-state index contributed by atoms with van der Waals surface area (Å²) >= 11 is 0. The molecule has 31 heavy (non-hydrogen) atoms. The highest BCUT2D eigenvalue weighted by Gasteiger charge is 2.29. The van der Waals surface area contributed by atoms with Crippen LogP contribution in [-0.2, 0) is 11.2 Å². The van der Waals surface area contributed by atoms with Crippen molar-refractivity contribution < 1.29 is 19.1 Å². The van der Waals surface area contributed by atoms with E-state index in [1.165, 1.54) is 12.8 Å². The Kier molecular flexibility index (Phi) is 6.44. The summed E-state index contributed by atoms with van der Waals surface area (Å²) < 4.78 is 11.0. The van der Waals surface area contributed by atoms with E-state index in [2.05, 4.69) is 17.6 Å². The second-order valence-electron chi connectivity index (χ2n) is 8.68. The molecule has 0 aromatic heterocycles. The molecule has 4 rings (SSSR count). The zero-order valence-electron chi connectivity index (χ0n) is 18.1. The minimum atomic E-state index is -0.209. The van der Waals surface area contributed by atoms with Gasteiger partial charge in [-0.2, -0.15) is 0 Å². The van der Waals surface area contributed by atoms with Crippen LogP contribution in [0.2, 0.25) is 0 Å². The normalized spacial score (nSPS) is 22.6. The van der Waals surface area contributed by atoms with Gasteiger partial charge in [-0.1, -0.05) is 6.92 Å². The van der Waals surface area contributed by atoms with E-state index in [0.29, 0.717) is 30.0 Å². The number of nitrogens with one attached hydrogen (secondary N) is 2. The van der Waals surface area contributed by atoms with Crippen LogP contribution >= 0.6 is 0 Å². The first-order valence-electron chi connectivity index (χ1n) is 11.0. The van der Waals surface area contributed by atoms with Crippen molar-refractivity contribution in [3.05, 3.63) is 53.6 Å². The van der Waals surface area contributed by atoms with E-state index in [0.717, 1.165) is 30.1 Å². The van der Waals surface area contributed by atoms with Gasteiger partial charge in [0, 0.05) is 17.3 Å². The minimum Gasteiger partial charge on any atom is -0.497 e. The average Bonchev–Trinajstić information content (AvgIpc) is 2.80. The number of carbonyl (C=O) groups is 2. The second kappa shape index (κ2) is 9.41. The highest BCUT2D eigenvalue weighted by molar-refractivity contribution is 6.04. The van der Waals surface area contributed by atoms with Gasteiger partial charge in [-0.25, -0.2) is 0 Å². The molecule has 1 aliphatic carbocycles. The first-order valence-corrected chi connectivity index (χ1v) is 11.0. The Balaban J connectivity index is 1.38. The standard InChI is InChI=1S/C25H30N2O4/c1-16-3-7-20(8-4-16)26-25(29)19-13-18-14-21(9-12-23(18)31-15-19)27-24(28)17-5-10-22(30-2)11-6-17/h5-6,9-12,14,16,19-20H,3-4,7-8,13,15H2,1-2H3,(H,26,29)(H,27,28)/t16?,19-,20?/m0/s1. The highest BCUT2D eigenvalue weighted by Crippen LogP contribution is 2.31. The van der Waals surface area contributed by atoms with Crippen molar-refractivity contribution in [1.29, 1.82) is 0 Å². The van der Waals surface area contributed by atoms with Crippen molar-refractivity contribution in [1.82, 2.24) is 5.32 Å². The molecule has 2 amide bonds. The van der Waals surface area contributed by atoms with Gasteiger partial charge in [-0.15, -0.1) is 0 Å². The quantitative estimate of drug-likeness (QED) is 0.757. The van der Waals surface area contributed by atoms with Gasteiger partial charge in [0.2, 0.25) is 5.91 Å². The fraction of sp³-hybridized carbons (Fsp3) is 0.440. The van der Waals surface area contributed by atoms with Crippen LogP contribution in [0.15, 0.2) is 42.5 Å². The van der Waals surface area contributed by atoms with Crippen molar-refractivity contribution in [2.24, 2.45) is 11.8 Å². The van der Waals surface area contributed by atoms with Crippen LogP contribution in [0.25, 0.3) is 0 Å². The van der Waals surface area contributed by atoms with Gasteiger partial charge in [0.25, 0.3) is 5.91 Å². The van der Waals surface area contributed by atoms with Crippen molar-refractivity contribution in [3.63, 3.8) is 0 Å². The van der Waals surface area contributed by atoms with Crippen molar-refractivity contribution in [2.45, 2.75) is 45.1 Å². The lowest BCUT2D eigenvalue weighted by molar-refractivity contribution is -0.127. The zero-order chi connectivity index (χ0) is 21.8. The van der Waals surface area contributed by atoms with Crippen LogP contribution in [0.5, 0.6) is 11.5 Å². The summed E-state index contributed by atoms with van der Waals surface area (Å²) in [6.07, 6.45) is 5.06. The molecule has 1 heterocycles. The molecule has 1 saturated carbocycles. The lowest BCUT2D eigenvalue weighted by Crippen LogP contribution is -2.43. The van der Waals surface area contributed by atoms with Crippen molar-refractivity contribution >= 4 is 17.5 Å². The van der Waals surface area contributed by atoms with Crippen LogP contribution in [0.3, 0.4) is 0 Å². The summed E-state index contributed by atoms with van der Waals surface area (Å²) in [5.41, 5.74) is 2.18. The van der Waals surface area contributed by atoms with Crippen LogP contribution in [-0.4, -0.2) is 31.6 Å². The molecule has 2 aliphatic rings. The van der Waals surface area contributed by atoms with Crippen molar-refractivity contribution in [2.75, 3.05) is 19.0 Å². The van der Waals surface area contributed by atoms with Crippen LogP contribution in [0.4, 0.5) is 5.69 Å². The summed E-state index contributed by atoms with van der Waals surface area (Å²) in [5.74, 6) is 1.90. The van der Waals surface area contributed by atoms with E-state index in [4.69, 9.17) is 9.47 Å². The molecule has 0 saturated heterocycles. The van der Waals surface area contributed by atoms with E-state index >= 15 is 0 Å². The number of hydrogen-bond donors (Lipinski definition) is 2. The fourth-order valence-corrected chi connectivity index (χ4v) is 4.31. The van der Waals surface area contributed by atoms with Crippen LogP contribution in [0, 0.1) is 11.8 Å². The molecule has 164 valence electrons. The summed E-state index contributed by atoms with van der Waals surface area (Å²) in [6, 6.07) is 12.8.